The number of hydrogen-bond donors (Lipinski definition) is 0. The SMILES string of the molecule is CCCCCC[C@](C)(c1ccccc1)C1(C)CCCC1. The molecule has 2 rings (SSSR count). The third-order valence-corrected chi connectivity index (χ3v) is 5.98. The Labute approximate surface area is 126 Å². The fourth-order valence-corrected chi connectivity index (χ4v) is 4.21. The van der Waals surface area contributed by atoms with Gasteiger partial charge in [0.1, 0.15) is 0 Å². The Morgan fingerprint density at radius 1 is 1.00 bits per heavy atom. The maximum absolute atomic E-state index is 2.55. The molecule has 0 heteroatoms. The molecule has 1 saturated carbocycles. The highest BCUT2D eigenvalue weighted by atomic mass is 14.5. The predicted molar refractivity (Wildman–Crippen MR) is 89.1 cm³/mol. The second kappa shape index (κ2) is 6.78. The average molecular weight is 272 g/mol. The Kier molecular flexibility index (Phi) is 5.29. The number of rotatable bonds is 7. The van der Waals surface area contributed by atoms with E-state index in [1.54, 1.807) is 5.56 Å². The molecule has 0 radical (unpaired) electrons. The van der Waals surface area contributed by atoms with Crippen molar-refractivity contribution in [2.75, 3.05) is 0 Å². The largest absolute Gasteiger partial charge is 0.0654 e. The van der Waals surface area contributed by atoms with E-state index in [0.717, 1.165) is 0 Å². The fourth-order valence-electron chi connectivity index (χ4n) is 4.21. The van der Waals surface area contributed by atoms with E-state index >= 15 is 0 Å². The first kappa shape index (κ1) is 15.6. The van der Waals surface area contributed by atoms with Crippen LogP contribution in [0.2, 0.25) is 0 Å². The van der Waals surface area contributed by atoms with Crippen molar-refractivity contribution >= 4 is 0 Å². The van der Waals surface area contributed by atoms with Crippen molar-refractivity contribution < 1.29 is 0 Å². The molecule has 1 aromatic carbocycles. The van der Waals surface area contributed by atoms with Crippen molar-refractivity contribution in [3.63, 3.8) is 0 Å². The maximum Gasteiger partial charge on any atom is -0.00215 e. The minimum Gasteiger partial charge on any atom is -0.0654 e. The van der Waals surface area contributed by atoms with E-state index in [0.29, 0.717) is 10.8 Å². The summed E-state index contributed by atoms with van der Waals surface area (Å²) in [5.41, 5.74) is 2.43. The van der Waals surface area contributed by atoms with Gasteiger partial charge in [-0.3, -0.25) is 0 Å². The molecule has 0 saturated heterocycles. The molecule has 0 heterocycles. The van der Waals surface area contributed by atoms with Gasteiger partial charge in [0.2, 0.25) is 0 Å². The molecular weight excluding hydrogens is 240 g/mol. The third-order valence-electron chi connectivity index (χ3n) is 5.98. The van der Waals surface area contributed by atoms with Crippen molar-refractivity contribution in [3.05, 3.63) is 35.9 Å². The van der Waals surface area contributed by atoms with E-state index in [-0.39, 0.29) is 0 Å². The van der Waals surface area contributed by atoms with Gasteiger partial charge in [0, 0.05) is 0 Å². The van der Waals surface area contributed by atoms with Gasteiger partial charge >= 0.3 is 0 Å². The molecule has 0 aliphatic heterocycles. The molecule has 1 aliphatic rings. The molecule has 0 N–H and O–H groups in total. The molecule has 1 aliphatic carbocycles. The Balaban J connectivity index is 2.19. The van der Waals surface area contributed by atoms with E-state index < -0.39 is 0 Å². The van der Waals surface area contributed by atoms with Gasteiger partial charge in [0.25, 0.3) is 0 Å². The van der Waals surface area contributed by atoms with Crippen LogP contribution in [0.15, 0.2) is 30.3 Å². The first-order chi connectivity index (χ1) is 9.62. The van der Waals surface area contributed by atoms with E-state index in [1.165, 1.54) is 57.8 Å². The maximum atomic E-state index is 2.55. The van der Waals surface area contributed by atoms with Crippen LogP contribution in [0.25, 0.3) is 0 Å². The zero-order valence-corrected chi connectivity index (χ0v) is 13.8. The number of benzene rings is 1. The van der Waals surface area contributed by atoms with E-state index in [9.17, 15) is 0 Å². The van der Waals surface area contributed by atoms with Crippen molar-refractivity contribution in [2.24, 2.45) is 5.41 Å². The summed E-state index contributed by atoms with van der Waals surface area (Å²) in [6.07, 6.45) is 12.5. The molecule has 0 nitrogen and oxygen atoms in total. The molecule has 0 aromatic heterocycles. The molecule has 112 valence electrons. The van der Waals surface area contributed by atoms with Crippen LogP contribution >= 0.6 is 0 Å². The van der Waals surface area contributed by atoms with Gasteiger partial charge in [-0.1, -0.05) is 89.6 Å². The lowest BCUT2D eigenvalue weighted by molar-refractivity contribution is 0.144. The lowest BCUT2D eigenvalue weighted by Gasteiger charge is -2.45. The first-order valence-corrected chi connectivity index (χ1v) is 8.68. The Hall–Kier alpha value is -0.780. The molecule has 20 heavy (non-hydrogen) atoms. The molecule has 0 amide bonds. The van der Waals surface area contributed by atoms with Gasteiger partial charge in [-0.05, 0) is 35.7 Å². The zero-order chi connectivity index (χ0) is 14.5. The van der Waals surface area contributed by atoms with E-state index in [4.69, 9.17) is 0 Å². The summed E-state index contributed by atoms with van der Waals surface area (Å²) in [4.78, 5) is 0. The van der Waals surface area contributed by atoms with Gasteiger partial charge in [-0.2, -0.15) is 0 Å². The van der Waals surface area contributed by atoms with Gasteiger partial charge in [-0.25, -0.2) is 0 Å². The van der Waals surface area contributed by atoms with Gasteiger partial charge in [0.15, 0.2) is 0 Å². The van der Waals surface area contributed by atoms with Crippen LogP contribution in [0.5, 0.6) is 0 Å². The highest BCUT2D eigenvalue weighted by Gasteiger charge is 2.46. The summed E-state index contributed by atoms with van der Waals surface area (Å²) < 4.78 is 0. The predicted octanol–water partition coefficient (Wildman–Crippen LogP) is 6.50. The summed E-state index contributed by atoms with van der Waals surface area (Å²) in [5, 5.41) is 0. The molecule has 0 bridgehead atoms. The minimum absolute atomic E-state index is 0.360. The van der Waals surface area contributed by atoms with Crippen LogP contribution in [0.3, 0.4) is 0 Å². The minimum atomic E-state index is 0.360. The Morgan fingerprint density at radius 2 is 1.65 bits per heavy atom. The second-order valence-electron chi connectivity index (χ2n) is 7.28. The van der Waals surface area contributed by atoms with Crippen LogP contribution in [0, 0.1) is 5.41 Å². The highest BCUT2D eigenvalue weighted by Crippen LogP contribution is 2.54. The average Bonchev–Trinajstić information content (AvgIpc) is 2.93. The van der Waals surface area contributed by atoms with E-state index in [1.807, 2.05) is 0 Å². The van der Waals surface area contributed by atoms with Crippen LogP contribution in [0.4, 0.5) is 0 Å². The van der Waals surface area contributed by atoms with Crippen molar-refractivity contribution in [1.29, 1.82) is 0 Å². The standard InChI is InChI=1S/C20H32/c1-4-5-6-10-17-20(3,18-13-8-7-9-14-18)19(2)15-11-12-16-19/h7-9,13-14H,4-6,10-12,15-17H2,1-3H3/t20-/m1/s1. The lowest BCUT2D eigenvalue weighted by Crippen LogP contribution is -2.39. The molecule has 0 spiro atoms. The van der Waals surface area contributed by atoms with Crippen molar-refractivity contribution in [2.45, 2.75) is 84.0 Å². The topological polar surface area (TPSA) is 0 Å². The summed E-state index contributed by atoms with van der Waals surface area (Å²) in [6, 6.07) is 11.3. The normalized spacial score (nSPS) is 20.8. The van der Waals surface area contributed by atoms with Crippen molar-refractivity contribution in [1.82, 2.24) is 0 Å². The quantitative estimate of drug-likeness (QED) is 0.497. The van der Waals surface area contributed by atoms with Gasteiger partial charge in [0.05, 0.1) is 0 Å². The number of unbranched alkanes of at least 4 members (excludes halogenated alkanes) is 3. The van der Waals surface area contributed by atoms with Crippen LogP contribution in [0.1, 0.15) is 84.1 Å². The monoisotopic (exact) mass is 272 g/mol. The molecule has 0 unspecified atom stereocenters. The van der Waals surface area contributed by atoms with Crippen LogP contribution < -0.4 is 0 Å². The van der Waals surface area contributed by atoms with E-state index in [2.05, 4.69) is 51.1 Å². The number of hydrogen-bond acceptors (Lipinski definition) is 0. The third kappa shape index (κ3) is 3.10. The first-order valence-electron chi connectivity index (χ1n) is 8.68. The van der Waals surface area contributed by atoms with Gasteiger partial charge < -0.3 is 0 Å². The van der Waals surface area contributed by atoms with Crippen LogP contribution in [-0.2, 0) is 5.41 Å². The molecule has 1 fully saturated rings. The molecule has 1 atom stereocenters. The van der Waals surface area contributed by atoms with Gasteiger partial charge in [-0.15, -0.1) is 0 Å². The Morgan fingerprint density at radius 3 is 2.25 bits per heavy atom. The zero-order valence-electron chi connectivity index (χ0n) is 13.8. The summed E-state index contributed by atoms with van der Waals surface area (Å²) >= 11 is 0. The molecule has 1 aromatic rings. The Bertz CT molecular complexity index is 386. The highest BCUT2D eigenvalue weighted by molar-refractivity contribution is 5.28. The summed E-state index contributed by atoms with van der Waals surface area (Å²) in [5.74, 6) is 0. The summed E-state index contributed by atoms with van der Waals surface area (Å²) in [6.45, 7) is 7.39. The fraction of sp³-hybridized carbons (Fsp3) is 0.700. The lowest BCUT2D eigenvalue weighted by atomic mass is 9.59. The van der Waals surface area contributed by atoms with Crippen molar-refractivity contribution in [3.8, 4) is 0 Å². The smallest absolute Gasteiger partial charge is 0.00215 e. The summed E-state index contributed by atoms with van der Waals surface area (Å²) in [7, 11) is 0. The van der Waals surface area contributed by atoms with Crippen LogP contribution in [-0.4, -0.2) is 0 Å². The molecular formula is C20H32. The second-order valence-corrected chi connectivity index (χ2v) is 7.28.